The van der Waals surface area contributed by atoms with Crippen molar-refractivity contribution in [2.24, 2.45) is 0 Å². The van der Waals surface area contributed by atoms with Crippen molar-refractivity contribution in [1.82, 2.24) is 20.9 Å². The zero-order valence-corrected chi connectivity index (χ0v) is 27.4. The van der Waals surface area contributed by atoms with Crippen LogP contribution in [0.5, 0.6) is 0 Å². The Hall–Kier alpha value is -3.14. The molecule has 0 radical (unpaired) electrons. The Morgan fingerprint density at radius 2 is 1.58 bits per heavy atom. The third-order valence-electron chi connectivity index (χ3n) is 6.38. The summed E-state index contributed by atoms with van der Waals surface area (Å²) in [6, 6.07) is 7.64. The van der Waals surface area contributed by atoms with Gasteiger partial charge in [0.25, 0.3) is 0 Å². The first-order valence-electron chi connectivity index (χ1n) is 15.1. The summed E-state index contributed by atoms with van der Waals surface area (Å²) in [5.74, 6) is -0.614. The number of benzene rings is 1. The van der Waals surface area contributed by atoms with Gasteiger partial charge in [0.2, 0.25) is 5.91 Å². The van der Waals surface area contributed by atoms with Crippen molar-refractivity contribution in [3.05, 3.63) is 41.0 Å². The molecule has 2 unspecified atom stereocenters. The second-order valence-electron chi connectivity index (χ2n) is 11.3. The number of rotatable bonds is 19. The average Bonchev–Trinajstić information content (AvgIpc) is 3.64. The molecule has 1 aromatic carbocycles. The molecular formula is C31H46N4O9S. The molecular weight excluding hydrogens is 604 g/mol. The second-order valence-corrected chi connectivity index (χ2v) is 12.2. The Morgan fingerprint density at radius 3 is 2.20 bits per heavy atom. The van der Waals surface area contributed by atoms with Crippen LogP contribution in [0.1, 0.15) is 38.4 Å². The molecule has 14 heteroatoms. The summed E-state index contributed by atoms with van der Waals surface area (Å²) in [7, 11) is 0. The highest BCUT2D eigenvalue weighted by Crippen LogP contribution is 2.27. The number of hydrogen-bond acceptors (Lipinski definition) is 12. The summed E-state index contributed by atoms with van der Waals surface area (Å²) >= 11 is 1.61. The molecule has 1 saturated heterocycles. The molecule has 0 aliphatic carbocycles. The van der Waals surface area contributed by atoms with Gasteiger partial charge in [0.1, 0.15) is 18.3 Å². The molecule has 0 saturated carbocycles. The summed E-state index contributed by atoms with van der Waals surface area (Å²) in [6.45, 7) is 10.9. The van der Waals surface area contributed by atoms with Crippen LogP contribution < -0.4 is 16.0 Å². The van der Waals surface area contributed by atoms with E-state index in [1.165, 1.54) is 0 Å². The van der Waals surface area contributed by atoms with Gasteiger partial charge in [-0.05, 0) is 38.8 Å². The Labute approximate surface area is 268 Å². The van der Waals surface area contributed by atoms with Crippen molar-refractivity contribution in [3.8, 4) is 10.4 Å². The van der Waals surface area contributed by atoms with Crippen LogP contribution in [0.15, 0.2) is 29.8 Å². The van der Waals surface area contributed by atoms with Crippen molar-refractivity contribution in [3.63, 3.8) is 0 Å². The Bertz CT molecular complexity index is 1190. The van der Waals surface area contributed by atoms with E-state index >= 15 is 0 Å². The first kappa shape index (κ1) is 36.3. The van der Waals surface area contributed by atoms with E-state index in [1.807, 2.05) is 36.7 Å². The van der Waals surface area contributed by atoms with Crippen molar-refractivity contribution in [2.75, 3.05) is 65.9 Å². The molecule has 3 N–H and O–H groups in total. The highest BCUT2D eigenvalue weighted by atomic mass is 32.1. The number of nitrogens with one attached hydrogen (secondary N) is 3. The number of nitrogens with zero attached hydrogens (tertiary/aromatic N) is 1. The molecule has 2 heterocycles. The fourth-order valence-corrected chi connectivity index (χ4v) is 5.04. The molecule has 250 valence electrons. The van der Waals surface area contributed by atoms with E-state index in [-0.39, 0.29) is 19.1 Å². The number of esters is 1. The van der Waals surface area contributed by atoms with Gasteiger partial charge in [-0.3, -0.25) is 4.79 Å². The molecule has 1 aromatic heterocycles. The maximum atomic E-state index is 12.6. The lowest BCUT2D eigenvalue weighted by Crippen LogP contribution is -2.39. The number of hydrogen-bond donors (Lipinski definition) is 3. The predicted octanol–water partition coefficient (Wildman–Crippen LogP) is 2.60. The van der Waals surface area contributed by atoms with Crippen LogP contribution in [0.25, 0.3) is 10.4 Å². The van der Waals surface area contributed by atoms with Gasteiger partial charge in [-0.1, -0.05) is 24.3 Å². The molecule has 2 atom stereocenters. The van der Waals surface area contributed by atoms with E-state index in [0.717, 1.165) is 21.7 Å². The zero-order chi connectivity index (χ0) is 32.5. The maximum Gasteiger partial charge on any atom is 0.407 e. The van der Waals surface area contributed by atoms with E-state index in [2.05, 4.69) is 20.9 Å². The van der Waals surface area contributed by atoms with Crippen LogP contribution in [-0.4, -0.2) is 107 Å². The highest BCUT2D eigenvalue weighted by molar-refractivity contribution is 7.13. The largest absolute Gasteiger partial charge is 0.459 e. The van der Waals surface area contributed by atoms with E-state index < -0.39 is 29.8 Å². The third-order valence-corrected chi connectivity index (χ3v) is 7.36. The van der Waals surface area contributed by atoms with Crippen LogP contribution >= 0.6 is 11.3 Å². The Morgan fingerprint density at radius 1 is 0.933 bits per heavy atom. The summed E-state index contributed by atoms with van der Waals surface area (Å²) in [6.07, 6.45) is -0.464. The topological polar surface area (TPSA) is 156 Å². The SMILES string of the molecule is Cc1ncsc1-c1ccc(CNC(=O)C2CC(OC(=O)COCCOCCOCCOCCNC(=O)OC(C)(C)C)CN2)cc1. The number of carbonyl (C=O) groups excluding carboxylic acids is 3. The quantitative estimate of drug-likeness (QED) is 0.152. The summed E-state index contributed by atoms with van der Waals surface area (Å²) in [4.78, 5) is 41.7. The number of alkyl carbamates (subject to hydrolysis) is 1. The predicted molar refractivity (Wildman–Crippen MR) is 168 cm³/mol. The molecule has 0 bridgehead atoms. The molecule has 1 aliphatic heterocycles. The standard InChI is InChI=1S/C31H46N4O9S/c1-22-28(45-21-35-22)24-7-5-23(6-8-24)18-34-29(37)26-17-25(19-33-26)43-27(36)20-42-16-15-41-14-13-40-12-11-39-10-9-32-30(38)44-31(2,3)4/h5-8,21,25-26,33H,9-20H2,1-4H3,(H,32,38)(H,34,37). The lowest BCUT2D eigenvalue weighted by Gasteiger charge is -2.19. The maximum absolute atomic E-state index is 12.6. The average molecular weight is 651 g/mol. The lowest BCUT2D eigenvalue weighted by atomic mass is 10.1. The summed E-state index contributed by atoms with van der Waals surface area (Å²) in [5, 5.41) is 8.68. The van der Waals surface area contributed by atoms with E-state index in [0.29, 0.717) is 65.7 Å². The zero-order valence-electron chi connectivity index (χ0n) is 26.6. The molecule has 3 rings (SSSR count). The van der Waals surface area contributed by atoms with Crippen LogP contribution in [0.2, 0.25) is 0 Å². The van der Waals surface area contributed by atoms with Gasteiger partial charge in [-0.2, -0.15) is 0 Å². The number of carbonyl (C=O) groups is 3. The lowest BCUT2D eigenvalue weighted by molar-refractivity contribution is -0.154. The third kappa shape index (κ3) is 14.7. The first-order valence-corrected chi connectivity index (χ1v) is 16.0. The molecule has 1 fully saturated rings. The number of aryl methyl sites for hydroxylation is 1. The molecule has 2 amide bonds. The van der Waals surface area contributed by atoms with Crippen molar-refractivity contribution >= 4 is 29.3 Å². The van der Waals surface area contributed by atoms with Gasteiger partial charge in [-0.25, -0.2) is 14.6 Å². The summed E-state index contributed by atoms with van der Waals surface area (Å²) < 4.78 is 32.1. The minimum Gasteiger partial charge on any atom is -0.459 e. The monoisotopic (exact) mass is 650 g/mol. The Kier molecular flexibility index (Phi) is 15.7. The van der Waals surface area contributed by atoms with Gasteiger partial charge in [0.05, 0.1) is 68.4 Å². The molecule has 0 spiro atoms. The summed E-state index contributed by atoms with van der Waals surface area (Å²) in [5.41, 5.74) is 4.41. The Balaban J connectivity index is 1.12. The second kappa shape index (κ2) is 19.4. The highest BCUT2D eigenvalue weighted by Gasteiger charge is 2.31. The van der Waals surface area contributed by atoms with Gasteiger partial charge >= 0.3 is 12.1 Å². The van der Waals surface area contributed by atoms with Crippen molar-refractivity contribution in [2.45, 2.75) is 58.4 Å². The number of thiazole rings is 1. The van der Waals surface area contributed by atoms with Crippen LogP contribution in [0, 0.1) is 6.92 Å². The minimum atomic E-state index is -0.531. The van der Waals surface area contributed by atoms with Crippen LogP contribution in [0.3, 0.4) is 0 Å². The van der Waals surface area contributed by atoms with E-state index in [1.54, 1.807) is 32.1 Å². The number of amides is 2. The smallest absolute Gasteiger partial charge is 0.407 e. The minimum absolute atomic E-state index is 0.131. The number of aromatic nitrogens is 1. The normalized spacial score (nSPS) is 16.4. The van der Waals surface area contributed by atoms with Gasteiger partial charge in [0.15, 0.2) is 0 Å². The van der Waals surface area contributed by atoms with Crippen LogP contribution in [-0.2, 0) is 44.6 Å². The van der Waals surface area contributed by atoms with Crippen molar-refractivity contribution in [1.29, 1.82) is 0 Å². The molecule has 1 aliphatic rings. The molecule has 45 heavy (non-hydrogen) atoms. The van der Waals surface area contributed by atoms with E-state index in [4.69, 9.17) is 28.4 Å². The first-order chi connectivity index (χ1) is 21.6. The fraction of sp³-hybridized carbons (Fsp3) is 0.613. The molecule has 2 aromatic rings. The number of ether oxygens (including phenoxy) is 6. The van der Waals surface area contributed by atoms with Gasteiger partial charge in [-0.15, -0.1) is 11.3 Å². The molecule has 13 nitrogen and oxygen atoms in total. The van der Waals surface area contributed by atoms with Gasteiger partial charge in [0, 0.05) is 26.1 Å². The fourth-order valence-electron chi connectivity index (χ4n) is 4.23. The van der Waals surface area contributed by atoms with E-state index in [9.17, 15) is 14.4 Å². The van der Waals surface area contributed by atoms with Crippen molar-refractivity contribution < 1.29 is 42.8 Å². The van der Waals surface area contributed by atoms with Crippen LogP contribution in [0.4, 0.5) is 4.79 Å². The van der Waals surface area contributed by atoms with Gasteiger partial charge < -0.3 is 44.4 Å².